The molecule has 1 rings (SSSR count). The number of alkyl halides is 17. The third-order valence-electron chi connectivity index (χ3n) is 4.53. The average Bonchev–Trinajstić information content (AvgIpc) is 2.92. The maximum atomic E-state index is 14.3. The summed E-state index contributed by atoms with van der Waals surface area (Å²) in [6.45, 7) is -2.43. The zero-order chi connectivity index (χ0) is 27.7. The zero-order valence-corrected chi connectivity index (χ0v) is 15.4. The molecule has 0 amide bonds. The summed E-state index contributed by atoms with van der Waals surface area (Å²) < 4.78 is 248. The fourth-order valence-electron chi connectivity index (χ4n) is 2.63. The molecule has 0 aromatic carbocycles. The third kappa shape index (κ3) is 3.34. The maximum Gasteiger partial charge on any atom is 0.464 e. The summed E-state index contributed by atoms with van der Waals surface area (Å²) in [7, 11) is 0. The van der Waals surface area contributed by atoms with Gasteiger partial charge in [-0.2, -0.15) is 75.2 Å². The van der Waals surface area contributed by atoms with Gasteiger partial charge in [-0.25, -0.2) is 0 Å². The molecule has 34 heavy (non-hydrogen) atoms. The number of hydrogen-bond acceptors (Lipinski definition) is 1. The summed E-state index contributed by atoms with van der Waals surface area (Å²) in [5.41, 5.74) is 0. The van der Waals surface area contributed by atoms with E-state index in [1.807, 2.05) is 0 Å². The van der Waals surface area contributed by atoms with Crippen LogP contribution in [0.25, 0.3) is 0 Å². The van der Waals surface area contributed by atoms with Crippen molar-refractivity contribution in [3.05, 3.63) is 11.9 Å². The molecule has 0 aromatic rings. The van der Waals surface area contributed by atoms with Crippen LogP contribution in [0.1, 0.15) is 6.92 Å². The van der Waals surface area contributed by atoms with Gasteiger partial charge in [0.2, 0.25) is 0 Å². The Hall–Kier alpha value is -1.96. The highest BCUT2D eigenvalue weighted by atomic mass is 19.4. The van der Waals surface area contributed by atoms with Crippen molar-refractivity contribution in [1.29, 1.82) is 0 Å². The van der Waals surface area contributed by atoms with Gasteiger partial charge in [0.05, 0.1) is 6.54 Å². The molecule has 0 saturated carbocycles. The first kappa shape index (κ1) is 30.1. The van der Waals surface area contributed by atoms with E-state index in [0.29, 0.717) is 0 Å². The molecule has 21 heteroatoms. The number of amidine groups is 1. The Kier molecular flexibility index (Phi) is 6.87. The Bertz CT molecular complexity index is 866. The van der Waals surface area contributed by atoms with Crippen LogP contribution in [0.5, 0.6) is 0 Å². The quantitative estimate of drug-likeness (QED) is 0.177. The fourth-order valence-corrected chi connectivity index (χ4v) is 2.63. The maximum absolute atomic E-state index is 14.3. The van der Waals surface area contributed by atoms with Crippen LogP contribution >= 0.6 is 0 Å². The highest BCUT2D eigenvalue weighted by molar-refractivity contribution is 5.87. The Morgan fingerprint density at radius 2 is 1.06 bits per heavy atom. The van der Waals surface area contributed by atoms with Crippen LogP contribution in [0.4, 0.5) is 83.4 Å². The van der Waals surface area contributed by atoms with Crippen LogP contribution in [0.3, 0.4) is 0 Å². The molecule has 1 atom stereocenters. The second-order valence-electron chi connectivity index (χ2n) is 6.40. The largest absolute Gasteiger partial charge is 0.464 e. The Morgan fingerprint density at radius 1 is 0.676 bits per heavy atom. The monoisotopic (exact) mass is 551 g/mol. The summed E-state index contributed by atoms with van der Waals surface area (Å²) in [5, 5.41) is 0. The van der Waals surface area contributed by atoms with E-state index in [1.165, 1.54) is 4.99 Å². The molecule has 2 nitrogen and oxygen atoms in total. The Morgan fingerprint density at radius 3 is 1.38 bits per heavy atom. The highest BCUT2D eigenvalue weighted by Crippen LogP contribution is 2.62. The van der Waals surface area contributed by atoms with Gasteiger partial charge in [0.1, 0.15) is 0 Å². The number of halogens is 19. The molecule has 0 saturated heterocycles. The molecule has 0 aromatic heterocycles. The fraction of sp³-hybridized carbons (Fsp3) is 0.769. The van der Waals surface area contributed by atoms with Crippen LogP contribution in [0, 0.1) is 0 Å². The Labute approximate surface area is 173 Å². The molecular weight excluding hydrogens is 545 g/mol. The van der Waals surface area contributed by atoms with Crippen LogP contribution in [-0.2, 0) is 0 Å². The zero-order valence-electron chi connectivity index (χ0n) is 15.4. The lowest BCUT2D eigenvalue weighted by Crippen LogP contribution is -2.75. The minimum Gasteiger partial charge on any atom is -0.196 e. The van der Waals surface area contributed by atoms with E-state index in [9.17, 15) is 83.4 Å². The van der Waals surface area contributed by atoms with Crippen molar-refractivity contribution >= 4 is 5.84 Å². The topological polar surface area (TPSA) is 12.4 Å². The molecule has 0 spiro atoms. The van der Waals surface area contributed by atoms with E-state index in [2.05, 4.69) is 0 Å². The minimum atomic E-state index is -8.54. The van der Waals surface area contributed by atoms with Crippen LogP contribution in [-0.4, -0.2) is 65.1 Å². The van der Waals surface area contributed by atoms with Crippen molar-refractivity contribution in [2.24, 2.45) is 4.99 Å². The van der Waals surface area contributed by atoms with Gasteiger partial charge in [-0.05, 0) is 6.92 Å². The van der Waals surface area contributed by atoms with Gasteiger partial charge in [-0.15, -0.1) is 17.7 Å². The van der Waals surface area contributed by atoms with E-state index in [4.69, 9.17) is 0 Å². The number of nitrogens with zero attached hydrogens (tertiary/aromatic N) is 2. The van der Waals surface area contributed by atoms with E-state index in [-0.39, 0.29) is 6.92 Å². The molecule has 0 fully saturated rings. The smallest absolute Gasteiger partial charge is 0.196 e. The van der Waals surface area contributed by atoms with Gasteiger partial charge < -0.3 is 0 Å². The van der Waals surface area contributed by atoms with Crippen molar-refractivity contribution in [2.45, 2.75) is 55.2 Å². The summed E-state index contributed by atoms with van der Waals surface area (Å²) in [5.74, 6) is -52.1. The number of quaternary nitrogens is 1. The predicted octanol–water partition coefficient (Wildman–Crippen LogP) is 6.90. The summed E-state index contributed by atoms with van der Waals surface area (Å²) in [6, 6.07) is -6.47. The van der Waals surface area contributed by atoms with Gasteiger partial charge in [0, 0.05) is 0 Å². The van der Waals surface area contributed by atoms with Gasteiger partial charge >= 0.3 is 60.2 Å². The van der Waals surface area contributed by atoms with Crippen molar-refractivity contribution in [1.82, 2.24) is 0 Å². The number of aliphatic imine (C=N–C) groups is 1. The lowest BCUT2D eigenvalue weighted by atomic mass is 9.92. The molecule has 1 unspecified atom stereocenters. The summed E-state index contributed by atoms with van der Waals surface area (Å²) in [6.07, 6.45) is -13.2. The average molecular weight is 551 g/mol. The van der Waals surface area contributed by atoms with Gasteiger partial charge in [0.15, 0.2) is 0 Å². The molecule has 0 aliphatic carbocycles. The van der Waals surface area contributed by atoms with Crippen molar-refractivity contribution in [3.8, 4) is 0 Å². The normalized spacial score (nSPS) is 22.1. The van der Waals surface area contributed by atoms with Gasteiger partial charge in [-0.3, -0.25) is 0 Å². The molecular formula is C13H6F19N2+. The molecule has 0 radical (unpaired) electrons. The summed E-state index contributed by atoms with van der Waals surface area (Å²) >= 11 is 0. The highest BCUT2D eigenvalue weighted by Gasteiger charge is 2.93. The van der Waals surface area contributed by atoms with Crippen LogP contribution in [0.15, 0.2) is 16.9 Å². The molecule has 1 heterocycles. The Balaban J connectivity index is 3.93. The second-order valence-corrected chi connectivity index (χ2v) is 6.40. The van der Waals surface area contributed by atoms with Crippen molar-refractivity contribution in [2.75, 3.05) is 6.54 Å². The first-order chi connectivity index (χ1) is 14.7. The minimum absolute atomic E-state index is 0.0389. The summed E-state index contributed by atoms with van der Waals surface area (Å²) in [4.78, 5) is 1.38. The van der Waals surface area contributed by atoms with E-state index < -0.39 is 77.0 Å². The predicted molar refractivity (Wildman–Crippen MR) is 69.2 cm³/mol. The molecule has 0 N–H and O–H groups in total. The molecule has 1 aliphatic rings. The molecule has 0 bridgehead atoms. The number of hydrogen-bond donors (Lipinski definition) is 0. The van der Waals surface area contributed by atoms with E-state index in [1.54, 1.807) is 0 Å². The van der Waals surface area contributed by atoms with E-state index in [0.717, 1.165) is 0 Å². The van der Waals surface area contributed by atoms with Crippen LogP contribution in [0.2, 0.25) is 0 Å². The van der Waals surface area contributed by atoms with Crippen molar-refractivity contribution < 1.29 is 87.9 Å². The van der Waals surface area contributed by atoms with Gasteiger partial charge in [0.25, 0.3) is 5.84 Å². The second kappa shape index (κ2) is 7.77. The lowest BCUT2D eigenvalue weighted by molar-refractivity contribution is -0.918. The van der Waals surface area contributed by atoms with E-state index >= 15 is 0 Å². The first-order valence-corrected chi connectivity index (χ1v) is 7.83. The third-order valence-corrected chi connectivity index (χ3v) is 4.53. The van der Waals surface area contributed by atoms with Gasteiger partial charge in [-0.1, -0.05) is 0 Å². The van der Waals surface area contributed by atoms with Crippen LogP contribution < -0.4 is 0 Å². The first-order valence-electron chi connectivity index (χ1n) is 7.83. The molecule has 1 aliphatic heterocycles. The number of rotatable bonds is 8. The SMILES string of the molecule is CC[N+]1(C(F)(F)C(F)F)C(C(F)(F)C(F)(F)C(F)(F)C(F)(F)C(F)(F)C(F)(F)F)=NC(F)=C1F. The standard InChI is InChI=1S/C13H6F19N2/c1-2-34(8(20,21)5(16)17)4(15)3(14)33-6(34)7(18,19)9(22,23)10(24,25)11(26,27)12(28,29)13(30,31)32/h5H,2H2,1H3/q+1. The lowest BCUT2D eigenvalue weighted by Gasteiger charge is -2.43. The molecule has 200 valence electrons. The van der Waals surface area contributed by atoms with Crippen molar-refractivity contribution in [3.63, 3.8) is 0 Å².